The highest BCUT2D eigenvalue weighted by Crippen LogP contribution is 2.19. The van der Waals surface area contributed by atoms with Crippen molar-refractivity contribution < 1.29 is 9.59 Å². The lowest BCUT2D eigenvalue weighted by molar-refractivity contribution is -0.121. The number of nitrogens with zero attached hydrogens (tertiary/aromatic N) is 1. The minimum atomic E-state index is -1.33. The quantitative estimate of drug-likeness (QED) is 0.656. The number of amides is 1. The average molecular weight is 251 g/mol. The highest BCUT2D eigenvalue weighted by Gasteiger charge is 2.26. The number of ketones is 1. The highest BCUT2D eigenvalue weighted by molar-refractivity contribution is 6.31. The topological polar surface area (TPSA) is 70.0 Å². The molecule has 4 nitrogen and oxygen atoms in total. The Bertz CT molecular complexity index is 506. The van der Waals surface area contributed by atoms with Gasteiger partial charge in [0, 0.05) is 17.6 Å². The molecule has 0 fully saturated rings. The second-order valence-corrected chi connectivity index (χ2v) is 3.91. The molecule has 0 saturated heterocycles. The summed E-state index contributed by atoms with van der Waals surface area (Å²) < 4.78 is 0. The van der Waals surface area contributed by atoms with Gasteiger partial charge in [-0.1, -0.05) is 23.7 Å². The first-order valence-corrected chi connectivity index (χ1v) is 5.30. The number of benzene rings is 1. The predicted molar refractivity (Wildman–Crippen MR) is 63.7 cm³/mol. The first kappa shape index (κ1) is 13.2. The van der Waals surface area contributed by atoms with Crippen LogP contribution < -0.4 is 5.32 Å². The maximum Gasteiger partial charge on any atom is 0.245 e. The minimum absolute atomic E-state index is 0.260. The Hall–Kier alpha value is -1.86. The standard InChI is InChI=1S/C12H11ClN2O2/c1-7-3-4-8(5-10(7)13)11(16)9(6-14)12(17)15-2/h3-5,9H,1-2H3,(H,15,17)/t9-/m1/s1. The second-order valence-electron chi connectivity index (χ2n) is 3.50. The monoisotopic (exact) mass is 250 g/mol. The van der Waals surface area contributed by atoms with Gasteiger partial charge in [0.05, 0.1) is 6.07 Å². The number of nitriles is 1. The second kappa shape index (κ2) is 5.46. The van der Waals surface area contributed by atoms with E-state index in [9.17, 15) is 9.59 Å². The van der Waals surface area contributed by atoms with Crippen LogP contribution in [0.2, 0.25) is 5.02 Å². The van der Waals surface area contributed by atoms with E-state index in [0.29, 0.717) is 5.02 Å². The van der Waals surface area contributed by atoms with Crippen LogP contribution in [-0.4, -0.2) is 18.7 Å². The maximum atomic E-state index is 11.9. The van der Waals surface area contributed by atoms with Crippen LogP contribution in [0.4, 0.5) is 0 Å². The Morgan fingerprint density at radius 1 is 1.47 bits per heavy atom. The molecule has 1 N–H and O–H groups in total. The Labute approximate surface area is 104 Å². The molecule has 0 aliphatic carbocycles. The SMILES string of the molecule is CNC(=O)[C@H](C#N)C(=O)c1ccc(C)c(Cl)c1. The number of carbonyl (C=O) groups is 2. The molecule has 0 heterocycles. The normalized spacial score (nSPS) is 11.4. The number of hydrogen-bond acceptors (Lipinski definition) is 3. The highest BCUT2D eigenvalue weighted by atomic mass is 35.5. The van der Waals surface area contributed by atoms with Crippen molar-refractivity contribution in [2.24, 2.45) is 5.92 Å². The molecule has 88 valence electrons. The summed E-state index contributed by atoms with van der Waals surface area (Å²) in [4.78, 5) is 23.2. The summed E-state index contributed by atoms with van der Waals surface area (Å²) in [5, 5.41) is 11.5. The van der Waals surface area contributed by atoms with Gasteiger partial charge in [-0.2, -0.15) is 5.26 Å². The molecule has 0 aliphatic rings. The van der Waals surface area contributed by atoms with E-state index in [2.05, 4.69) is 5.32 Å². The van der Waals surface area contributed by atoms with Gasteiger partial charge in [-0.3, -0.25) is 9.59 Å². The molecule has 17 heavy (non-hydrogen) atoms. The molecule has 0 unspecified atom stereocenters. The van der Waals surface area contributed by atoms with Crippen molar-refractivity contribution in [2.75, 3.05) is 7.05 Å². The Morgan fingerprint density at radius 2 is 2.12 bits per heavy atom. The van der Waals surface area contributed by atoms with Crippen molar-refractivity contribution >= 4 is 23.3 Å². The molecule has 0 spiro atoms. The van der Waals surface area contributed by atoms with Crippen molar-refractivity contribution in [1.29, 1.82) is 5.26 Å². The molecule has 1 atom stereocenters. The van der Waals surface area contributed by atoms with Crippen molar-refractivity contribution in [3.63, 3.8) is 0 Å². The molecule has 1 aromatic carbocycles. The lowest BCUT2D eigenvalue weighted by Gasteiger charge is -2.07. The molecule has 1 aromatic rings. The smallest absolute Gasteiger partial charge is 0.245 e. The lowest BCUT2D eigenvalue weighted by atomic mass is 9.97. The fourth-order valence-electron chi connectivity index (χ4n) is 1.29. The van der Waals surface area contributed by atoms with Crippen molar-refractivity contribution in [2.45, 2.75) is 6.92 Å². The third-order valence-electron chi connectivity index (χ3n) is 2.36. The zero-order chi connectivity index (χ0) is 13.0. The van der Waals surface area contributed by atoms with E-state index in [1.54, 1.807) is 25.1 Å². The zero-order valence-corrected chi connectivity index (χ0v) is 10.2. The zero-order valence-electron chi connectivity index (χ0n) is 9.45. The lowest BCUT2D eigenvalue weighted by Crippen LogP contribution is -2.32. The van der Waals surface area contributed by atoms with Crippen LogP contribution in [0, 0.1) is 24.2 Å². The number of carbonyl (C=O) groups excluding carboxylic acids is 2. The van der Waals surface area contributed by atoms with Crippen LogP contribution in [0.1, 0.15) is 15.9 Å². The van der Waals surface area contributed by atoms with E-state index in [0.717, 1.165) is 5.56 Å². The Morgan fingerprint density at radius 3 is 2.59 bits per heavy atom. The minimum Gasteiger partial charge on any atom is -0.358 e. The molecule has 1 rings (SSSR count). The first-order valence-electron chi connectivity index (χ1n) is 4.92. The van der Waals surface area contributed by atoms with Crippen LogP contribution in [0.25, 0.3) is 0 Å². The number of nitrogens with one attached hydrogen (secondary N) is 1. The van der Waals surface area contributed by atoms with E-state index >= 15 is 0 Å². The molecule has 5 heteroatoms. The van der Waals surface area contributed by atoms with Crippen molar-refractivity contribution in [3.05, 3.63) is 34.3 Å². The van der Waals surface area contributed by atoms with Crippen LogP contribution in [0.3, 0.4) is 0 Å². The van der Waals surface area contributed by atoms with Crippen LogP contribution in [0.15, 0.2) is 18.2 Å². The fraction of sp³-hybridized carbons (Fsp3) is 0.250. The summed E-state index contributed by atoms with van der Waals surface area (Å²) in [6, 6.07) is 6.37. The van der Waals surface area contributed by atoms with Crippen molar-refractivity contribution in [3.8, 4) is 6.07 Å². The van der Waals surface area contributed by atoms with Gasteiger partial charge < -0.3 is 5.32 Å². The van der Waals surface area contributed by atoms with Gasteiger partial charge in [-0.05, 0) is 18.6 Å². The Kier molecular flexibility index (Phi) is 4.24. The molecule has 0 bridgehead atoms. The molecular formula is C12H11ClN2O2. The summed E-state index contributed by atoms with van der Waals surface area (Å²) in [6.07, 6.45) is 0. The first-order chi connectivity index (χ1) is 8.01. The largest absolute Gasteiger partial charge is 0.358 e. The summed E-state index contributed by atoms with van der Waals surface area (Å²) in [5.74, 6) is -2.50. The number of Topliss-reactive ketones (excluding diaryl/α,β-unsaturated/α-hetero) is 1. The fourth-order valence-corrected chi connectivity index (χ4v) is 1.47. The molecule has 0 aliphatic heterocycles. The van der Waals surface area contributed by atoms with Crippen LogP contribution in [0.5, 0.6) is 0 Å². The van der Waals surface area contributed by atoms with Gasteiger partial charge in [-0.15, -0.1) is 0 Å². The van der Waals surface area contributed by atoms with E-state index < -0.39 is 17.6 Å². The Balaban J connectivity index is 3.07. The van der Waals surface area contributed by atoms with Gasteiger partial charge in [0.25, 0.3) is 0 Å². The third kappa shape index (κ3) is 2.83. The van der Waals surface area contributed by atoms with E-state index in [1.807, 2.05) is 0 Å². The van der Waals surface area contributed by atoms with Gasteiger partial charge in [0.2, 0.25) is 5.91 Å². The number of halogens is 1. The van der Waals surface area contributed by atoms with Crippen LogP contribution in [-0.2, 0) is 4.79 Å². The van der Waals surface area contributed by atoms with E-state index in [-0.39, 0.29) is 5.56 Å². The summed E-state index contributed by atoms with van der Waals surface area (Å²) in [7, 11) is 1.38. The number of hydrogen-bond donors (Lipinski definition) is 1. The average Bonchev–Trinajstić information content (AvgIpc) is 2.33. The van der Waals surface area contributed by atoms with Crippen LogP contribution >= 0.6 is 11.6 Å². The molecule has 1 amide bonds. The van der Waals surface area contributed by atoms with Crippen molar-refractivity contribution in [1.82, 2.24) is 5.32 Å². The van der Waals surface area contributed by atoms with E-state index in [1.165, 1.54) is 13.1 Å². The summed E-state index contributed by atoms with van der Waals surface area (Å²) in [5.41, 5.74) is 1.09. The van der Waals surface area contributed by atoms with E-state index in [4.69, 9.17) is 16.9 Å². The number of rotatable bonds is 3. The summed E-state index contributed by atoms with van der Waals surface area (Å²) in [6.45, 7) is 1.80. The summed E-state index contributed by atoms with van der Waals surface area (Å²) >= 11 is 5.88. The molecular weight excluding hydrogens is 240 g/mol. The third-order valence-corrected chi connectivity index (χ3v) is 2.76. The van der Waals surface area contributed by atoms with Gasteiger partial charge in [0.1, 0.15) is 0 Å². The van der Waals surface area contributed by atoms with Gasteiger partial charge in [-0.25, -0.2) is 0 Å². The predicted octanol–water partition coefficient (Wildman–Crippen LogP) is 1.72. The molecule has 0 saturated carbocycles. The maximum absolute atomic E-state index is 11.9. The number of aryl methyl sites for hydroxylation is 1. The molecule has 0 radical (unpaired) electrons. The van der Waals surface area contributed by atoms with Gasteiger partial charge >= 0.3 is 0 Å². The van der Waals surface area contributed by atoms with Gasteiger partial charge in [0.15, 0.2) is 11.7 Å². The molecule has 0 aromatic heterocycles.